The van der Waals surface area contributed by atoms with Crippen molar-refractivity contribution in [1.82, 2.24) is 10.6 Å². The number of aliphatic hydroxyl groups is 1. The molecule has 2 amide bonds. The minimum atomic E-state index is -0.112. The number of hydrogen-bond acceptors (Lipinski definition) is 3. The largest absolute Gasteiger partial charge is 0.396 e. The van der Waals surface area contributed by atoms with Gasteiger partial charge in [0.2, 0.25) is 0 Å². The highest BCUT2D eigenvalue weighted by molar-refractivity contribution is 7.10. The zero-order chi connectivity index (χ0) is 14.4. The zero-order valence-electron chi connectivity index (χ0n) is 12.0. The Balaban J connectivity index is 1.74. The quantitative estimate of drug-likeness (QED) is 0.782. The fourth-order valence-corrected chi connectivity index (χ4v) is 3.54. The van der Waals surface area contributed by atoms with Gasteiger partial charge in [-0.25, -0.2) is 4.79 Å². The van der Waals surface area contributed by atoms with E-state index in [1.165, 1.54) is 4.88 Å². The van der Waals surface area contributed by atoms with E-state index >= 15 is 0 Å². The number of rotatable bonds is 5. The number of amides is 2. The molecule has 20 heavy (non-hydrogen) atoms. The van der Waals surface area contributed by atoms with E-state index in [1.807, 2.05) is 6.07 Å². The Bertz CT molecular complexity index is 408. The summed E-state index contributed by atoms with van der Waals surface area (Å²) in [7, 11) is 0. The van der Waals surface area contributed by atoms with Gasteiger partial charge in [-0.3, -0.25) is 0 Å². The molecule has 1 heterocycles. The molecule has 0 radical (unpaired) electrons. The molecule has 1 aliphatic carbocycles. The first-order chi connectivity index (χ1) is 9.70. The molecule has 0 saturated heterocycles. The van der Waals surface area contributed by atoms with Gasteiger partial charge in [0.05, 0.1) is 0 Å². The average Bonchev–Trinajstić information content (AvgIpc) is 2.99. The Labute approximate surface area is 124 Å². The van der Waals surface area contributed by atoms with E-state index < -0.39 is 0 Å². The van der Waals surface area contributed by atoms with Gasteiger partial charge in [0.25, 0.3) is 0 Å². The van der Waals surface area contributed by atoms with Gasteiger partial charge in [0.1, 0.15) is 0 Å². The lowest BCUT2D eigenvalue weighted by Gasteiger charge is -2.31. The normalized spacial score (nSPS) is 24.1. The maximum absolute atomic E-state index is 11.9. The number of aliphatic hydroxyl groups excluding tert-OH is 1. The van der Waals surface area contributed by atoms with Crippen molar-refractivity contribution in [2.75, 3.05) is 13.2 Å². The second-order valence-corrected chi connectivity index (χ2v) is 6.58. The molecule has 0 aliphatic heterocycles. The van der Waals surface area contributed by atoms with E-state index in [2.05, 4.69) is 29.0 Å². The maximum Gasteiger partial charge on any atom is 0.315 e. The van der Waals surface area contributed by atoms with Gasteiger partial charge >= 0.3 is 6.03 Å². The van der Waals surface area contributed by atoms with E-state index in [4.69, 9.17) is 0 Å². The van der Waals surface area contributed by atoms with Crippen LogP contribution in [0.3, 0.4) is 0 Å². The number of nitrogens with one attached hydrogen (secondary N) is 2. The molecule has 0 unspecified atom stereocenters. The highest BCUT2D eigenvalue weighted by Crippen LogP contribution is 2.24. The summed E-state index contributed by atoms with van der Waals surface area (Å²) >= 11 is 1.72. The molecule has 112 valence electrons. The van der Waals surface area contributed by atoms with Crippen LogP contribution in [0, 0.1) is 5.92 Å². The molecular weight excluding hydrogens is 272 g/mol. The van der Waals surface area contributed by atoms with Gasteiger partial charge in [-0.15, -0.1) is 11.3 Å². The molecule has 2 rings (SSSR count). The Hall–Kier alpha value is -1.07. The first-order valence-electron chi connectivity index (χ1n) is 7.39. The van der Waals surface area contributed by atoms with E-state index in [-0.39, 0.29) is 24.6 Å². The topological polar surface area (TPSA) is 61.4 Å². The van der Waals surface area contributed by atoms with Gasteiger partial charge in [-0.1, -0.05) is 25.8 Å². The molecule has 1 aromatic rings. The molecule has 0 bridgehead atoms. The maximum atomic E-state index is 11.9. The highest BCUT2D eigenvalue weighted by Gasteiger charge is 2.25. The highest BCUT2D eigenvalue weighted by atomic mass is 32.1. The van der Waals surface area contributed by atoms with Gasteiger partial charge in [0.15, 0.2) is 0 Å². The van der Waals surface area contributed by atoms with Crippen LogP contribution in [0.15, 0.2) is 17.5 Å². The third-order valence-corrected chi connectivity index (χ3v) is 5.16. The van der Waals surface area contributed by atoms with Crippen LogP contribution in [0.4, 0.5) is 4.79 Å². The van der Waals surface area contributed by atoms with Crippen molar-refractivity contribution in [2.45, 2.75) is 44.6 Å². The Morgan fingerprint density at radius 2 is 2.30 bits per heavy atom. The minimum Gasteiger partial charge on any atom is -0.396 e. The fourth-order valence-electron chi connectivity index (χ4n) is 2.75. The van der Waals surface area contributed by atoms with Crippen molar-refractivity contribution in [1.29, 1.82) is 0 Å². The monoisotopic (exact) mass is 296 g/mol. The molecule has 0 aromatic carbocycles. The van der Waals surface area contributed by atoms with E-state index in [0.717, 1.165) is 25.7 Å². The fraction of sp³-hybridized carbons (Fsp3) is 0.667. The summed E-state index contributed by atoms with van der Waals surface area (Å²) in [6, 6.07) is 4.13. The third kappa shape index (κ3) is 4.21. The van der Waals surface area contributed by atoms with Gasteiger partial charge < -0.3 is 15.7 Å². The molecule has 3 N–H and O–H groups in total. The SMILES string of the molecule is C[C@H](CNC(=O)N[C@@H]1CCCC[C@H]1CO)c1cccs1. The molecule has 1 saturated carbocycles. The second kappa shape index (κ2) is 7.64. The lowest BCUT2D eigenvalue weighted by atomic mass is 9.85. The average molecular weight is 296 g/mol. The van der Waals surface area contributed by atoms with Crippen LogP contribution in [0.25, 0.3) is 0 Å². The third-order valence-electron chi connectivity index (χ3n) is 4.06. The summed E-state index contributed by atoms with van der Waals surface area (Å²) in [4.78, 5) is 13.2. The molecule has 1 fully saturated rings. The van der Waals surface area contributed by atoms with Crippen LogP contribution < -0.4 is 10.6 Å². The lowest BCUT2D eigenvalue weighted by Crippen LogP contribution is -2.48. The Morgan fingerprint density at radius 1 is 1.50 bits per heavy atom. The van der Waals surface area contributed by atoms with E-state index in [0.29, 0.717) is 12.5 Å². The summed E-state index contributed by atoms with van der Waals surface area (Å²) in [5.74, 6) is 0.546. The van der Waals surface area contributed by atoms with Gasteiger partial charge in [-0.2, -0.15) is 0 Å². The second-order valence-electron chi connectivity index (χ2n) is 5.60. The van der Waals surface area contributed by atoms with Crippen molar-refractivity contribution < 1.29 is 9.90 Å². The van der Waals surface area contributed by atoms with Crippen LogP contribution in [0.2, 0.25) is 0 Å². The Morgan fingerprint density at radius 3 is 3.00 bits per heavy atom. The predicted octanol–water partition coefficient (Wildman–Crippen LogP) is 2.70. The summed E-state index contributed by atoms with van der Waals surface area (Å²) in [6.45, 7) is 2.92. The number of hydrogen-bond donors (Lipinski definition) is 3. The van der Waals surface area contributed by atoms with Crippen LogP contribution in [0.5, 0.6) is 0 Å². The molecule has 0 spiro atoms. The van der Waals surface area contributed by atoms with Crippen molar-refractivity contribution in [2.24, 2.45) is 5.92 Å². The van der Waals surface area contributed by atoms with Crippen LogP contribution in [0.1, 0.15) is 43.4 Å². The smallest absolute Gasteiger partial charge is 0.315 e. The number of carbonyl (C=O) groups is 1. The lowest BCUT2D eigenvalue weighted by molar-refractivity contribution is 0.153. The van der Waals surface area contributed by atoms with Crippen LogP contribution >= 0.6 is 11.3 Å². The predicted molar refractivity (Wildman–Crippen MR) is 82.1 cm³/mol. The van der Waals surface area contributed by atoms with E-state index in [1.54, 1.807) is 11.3 Å². The molecule has 3 atom stereocenters. The minimum absolute atomic E-state index is 0.112. The summed E-state index contributed by atoms with van der Waals surface area (Å²) in [5, 5.41) is 17.4. The van der Waals surface area contributed by atoms with Crippen molar-refractivity contribution in [3.8, 4) is 0 Å². The number of thiophene rings is 1. The van der Waals surface area contributed by atoms with Crippen LogP contribution in [-0.2, 0) is 0 Å². The van der Waals surface area contributed by atoms with Crippen molar-refractivity contribution in [3.63, 3.8) is 0 Å². The number of urea groups is 1. The molecule has 4 nitrogen and oxygen atoms in total. The Kier molecular flexibility index (Phi) is 5.86. The summed E-state index contributed by atoms with van der Waals surface area (Å²) in [6.07, 6.45) is 4.26. The van der Waals surface area contributed by atoms with Gasteiger partial charge in [-0.05, 0) is 24.3 Å². The van der Waals surface area contributed by atoms with Crippen molar-refractivity contribution in [3.05, 3.63) is 22.4 Å². The first-order valence-corrected chi connectivity index (χ1v) is 8.27. The van der Waals surface area contributed by atoms with E-state index in [9.17, 15) is 9.90 Å². The van der Waals surface area contributed by atoms with Crippen molar-refractivity contribution >= 4 is 17.4 Å². The molecule has 5 heteroatoms. The standard InChI is InChI=1S/C15H24N2O2S/c1-11(14-7-4-8-20-14)9-16-15(19)17-13-6-3-2-5-12(13)10-18/h4,7-8,11-13,18H,2-3,5-6,9-10H2,1H3,(H2,16,17,19)/t11-,12+,13-/m1/s1. The zero-order valence-corrected chi connectivity index (χ0v) is 12.8. The van der Waals surface area contributed by atoms with Crippen LogP contribution in [-0.4, -0.2) is 30.3 Å². The van der Waals surface area contributed by atoms with Gasteiger partial charge in [0, 0.05) is 35.9 Å². The number of carbonyl (C=O) groups excluding carboxylic acids is 1. The first kappa shape index (κ1) is 15.3. The summed E-state index contributed by atoms with van der Waals surface area (Å²) in [5.41, 5.74) is 0. The molecular formula is C15H24N2O2S. The molecule has 1 aliphatic rings. The summed E-state index contributed by atoms with van der Waals surface area (Å²) < 4.78 is 0. The molecule has 1 aromatic heterocycles.